The molecule has 5 heteroatoms. The Kier molecular flexibility index (Phi) is 4.98. The van der Waals surface area contributed by atoms with E-state index in [2.05, 4.69) is 10.1 Å². The predicted molar refractivity (Wildman–Crippen MR) is 62.6 cm³/mol. The number of carbonyl (C=O) groups is 2. The van der Waals surface area contributed by atoms with Crippen molar-refractivity contribution >= 4 is 23.2 Å². The Labute approximate surface area is 98.6 Å². The highest BCUT2D eigenvalue weighted by Gasteiger charge is 2.09. The molecule has 4 nitrogen and oxygen atoms in total. The number of rotatable bonds is 5. The van der Waals surface area contributed by atoms with E-state index in [1.165, 1.54) is 18.4 Å². The van der Waals surface area contributed by atoms with Crippen molar-refractivity contribution in [3.05, 3.63) is 21.9 Å². The number of amides is 1. The zero-order chi connectivity index (χ0) is 12.0. The number of nitrogens with one attached hydrogen (secondary N) is 1. The number of carbonyl (C=O) groups excluding carboxylic acids is 2. The lowest BCUT2D eigenvalue weighted by molar-refractivity contribution is -0.140. The van der Waals surface area contributed by atoms with Crippen molar-refractivity contribution in [3.8, 4) is 0 Å². The smallest absolute Gasteiger partial charge is 0.305 e. The number of aryl methyl sites for hydroxylation is 1. The molecular formula is C11H15NO3S. The molecule has 0 aromatic carbocycles. The third-order valence-corrected chi connectivity index (χ3v) is 3.15. The molecule has 0 fully saturated rings. The molecule has 0 unspecified atom stereocenters. The van der Waals surface area contributed by atoms with Crippen LogP contribution in [0.4, 0.5) is 0 Å². The highest BCUT2D eigenvalue weighted by Crippen LogP contribution is 2.14. The molecule has 1 heterocycles. The Morgan fingerprint density at radius 1 is 1.50 bits per heavy atom. The van der Waals surface area contributed by atoms with Crippen molar-refractivity contribution in [3.63, 3.8) is 0 Å². The van der Waals surface area contributed by atoms with Gasteiger partial charge in [-0.15, -0.1) is 11.3 Å². The van der Waals surface area contributed by atoms with Crippen LogP contribution in [0.5, 0.6) is 0 Å². The molecule has 0 aliphatic heterocycles. The van der Waals surface area contributed by atoms with Gasteiger partial charge in [0.15, 0.2) is 0 Å². The summed E-state index contributed by atoms with van der Waals surface area (Å²) in [5.41, 5.74) is 0.982. The fraction of sp³-hybridized carbons (Fsp3) is 0.455. The molecule has 1 amide bonds. The summed E-state index contributed by atoms with van der Waals surface area (Å²) in [7, 11) is 1.36. The minimum atomic E-state index is -0.249. The maximum absolute atomic E-state index is 11.6. The van der Waals surface area contributed by atoms with Crippen LogP contribution in [0.1, 0.15) is 28.1 Å². The first kappa shape index (κ1) is 12.7. The van der Waals surface area contributed by atoms with Crippen molar-refractivity contribution in [1.29, 1.82) is 0 Å². The second kappa shape index (κ2) is 6.27. The summed E-state index contributed by atoms with van der Waals surface area (Å²) in [6, 6.07) is 1.91. The molecule has 0 aliphatic carbocycles. The van der Waals surface area contributed by atoms with Gasteiger partial charge in [-0.1, -0.05) is 0 Å². The highest BCUT2D eigenvalue weighted by atomic mass is 32.1. The van der Waals surface area contributed by atoms with Gasteiger partial charge < -0.3 is 10.1 Å². The third kappa shape index (κ3) is 3.66. The predicted octanol–water partition coefficient (Wildman–Crippen LogP) is 1.74. The molecule has 0 bridgehead atoms. The first-order chi connectivity index (χ1) is 7.65. The first-order valence-electron chi connectivity index (χ1n) is 5.04. The van der Waals surface area contributed by atoms with E-state index < -0.39 is 0 Å². The fourth-order valence-electron chi connectivity index (χ4n) is 1.22. The Bertz CT molecular complexity index is 373. The first-order valence-corrected chi connectivity index (χ1v) is 5.92. The van der Waals surface area contributed by atoms with Crippen molar-refractivity contribution in [2.24, 2.45) is 0 Å². The number of thiophene rings is 1. The van der Waals surface area contributed by atoms with Crippen LogP contribution >= 0.6 is 11.3 Å². The van der Waals surface area contributed by atoms with Crippen molar-refractivity contribution in [1.82, 2.24) is 5.32 Å². The van der Waals surface area contributed by atoms with E-state index in [1.54, 1.807) is 0 Å². The summed E-state index contributed by atoms with van der Waals surface area (Å²) < 4.78 is 4.50. The average molecular weight is 241 g/mol. The molecule has 1 N–H and O–H groups in total. The largest absolute Gasteiger partial charge is 0.469 e. The fourth-order valence-corrected chi connectivity index (χ4v) is 2.06. The summed E-state index contributed by atoms with van der Waals surface area (Å²) >= 11 is 1.42. The van der Waals surface area contributed by atoms with Gasteiger partial charge in [-0.25, -0.2) is 0 Å². The van der Waals surface area contributed by atoms with Crippen LogP contribution in [0.2, 0.25) is 0 Å². The van der Waals surface area contributed by atoms with Crippen LogP contribution in [-0.4, -0.2) is 25.5 Å². The molecule has 1 aromatic heterocycles. The van der Waals surface area contributed by atoms with E-state index in [1.807, 2.05) is 18.4 Å². The van der Waals surface area contributed by atoms with E-state index >= 15 is 0 Å². The van der Waals surface area contributed by atoms with Gasteiger partial charge in [0.25, 0.3) is 5.91 Å². The monoisotopic (exact) mass is 241 g/mol. The Morgan fingerprint density at radius 2 is 2.25 bits per heavy atom. The lowest BCUT2D eigenvalue weighted by Gasteiger charge is -2.03. The SMILES string of the molecule is COC(=O)CCCNC(=O)c1sccc1C. The van der Waals surface area contributed by atoms with Gasteiger partial charge in [-0.05, 0) is 30.4 Å². The molecule has 0 atom stereocenters. The molecule has 0 saturated carbocycles. The number of esters is 1. The van der Waals surface area contributed by atoms with E-state index in [9.17, 15) is 9.59 Å². The number of hydrogen-bond acceptors (Lipinski definition) is 4. The standard InChI is InChI=1S/C11H15NO3S/c1-8-5-7-16-10(8)11(14)12-6-3-4-9(13)15-2/h5,7H,3-4,6H2,1-2H3,(H,12,14). The zero-order valence-corrected chi connectivity index (χ0v) is 10.2. The summed E-state index contributed by atoms with van der Waals surface area (Å²) in [5, 5.41) is 4.66. The van der Waals surface area contributed by atoms with Gasteiger partial charge in [-0.3, -0.25) is 9.59 Å². The van der Waals surface area contributed by atoms with E-state index in [4.69, 9.17) is 0 Å². The van der Waals surface area contributed by atoms with E-state index in [0.29, 0.717) is 19.4 Å². The lowest BCUT2D eigenvalue weighted by atomic mass is 10.2. The van der Waals surface area contributed by atoms with Crippen LogP contribution in [-0.2, 0) is 9.53 Å². The number of ether oxygens (including phenoxy) is 1. The van der Waals surface area contributed by atoms with Crippen molar-refractivity contribution in [2.75, 3.05) is 13.7 Å². The molecule has 0 aliphatic rings. The molecule has 16 heavy (non-hydrogen) atoms. The van der Waals surface area contributed by atoms with Crippen molar-refractivity contribution < 1.29 is 14.3 Å². The Hall–Kier alpha value is -1.36. The summed E-state index contributed by atoms with van der Waals surface area (Å²) in [4.78, 5) is 23.2. The molecule has 0 spiro atoms. The van der Waals surface area contributed by atoms with Crippen LogP contribution in [0.3, 0.4) is 0 Å². The Balaban J connectivity index is 2.26. The summed E-state index contributed by atoms with van der Waals surface area (Å²) in [5.74, 6) is -0.320. The second-order valence-electron chi connectivity index (χ2n) is 3.37. The van der Waals surface area contributed by atoms with Gasteiger partial charge in [0.2, 0.25) is 0 Å². The molecular weight excluding hydrogens is 226 g/mol. The highest BCUT2D eigenvalue weighted by molar-refractivity contribution is 7.12. The Morgan fingerprint density at radius 3 is 2.81 bits per heavy atom. The van der Waals surface area contributed by atoms with Crippen LogP contribution in [0, 0.1) is 6.92 Å². The average Bonchev–Trinajstić information content (AvgIpc) is 2.70. The maximum Gasteiger partial charge on any atom is 0.305 e. The zero-order valence-electron chi connectivity index (χ0n) is 9.41. The van der Waals surface area contributed by atoms with Gasteiger partial charge in [0, 0.05) is 13.0 Å². The van der Waals surface area contributed by atoms with Gasteiger partial charge in [-0.2, -0.15) is 0 Å². The van der Waals surface area contributed by atoms with Gasteiger partial charge >= 0.3 is 5.97 Å². The number of methoxy groups -OCH3 is 1. The molecule has 88 valence electrons. The summed E-state index contributed by atoms with van der Waals surface area (Å²) in [6.07, 6.45) is 0.934. The van der Waals surface area contributed by atoms with Gasteiger partial charge in [0.1, 0.15) is 0 Å². The van der Waals surface area contributed by atoms with E-state index in [-0.39, 0.29) is 11.9 Å². The quantitative estimate of drug-likeness (QED) is 0.631. The summed E-state index contributed by atoms with van der Waals surface area (Å²) in [6.45, 7) is 2.39. The van der Waals surface area contributed by atoms with Gasteiger partial charge in [0.05, 0.1) is 12.0 Å². The van der Waals surface area contributed by atoms with Crippen molar-refractivity contribution in [2.45, 2.75) is 19.8 Å². The minimum Gasteiger partial charge on any atom is -0.469 e. The van der Waals surface area contributed by atoms with E-state index in [0.717, 1.165) is 10.4 Å². The second-order valence-corrected chi connectivity index (χ2v) is 4.28. The van der Waals surface area contributed by atoms with Crippen LogP contribution < -0.4 is 5.32 Å². The minimum absolute atomic E-state index is 0.0719. The van der Waals surface area contributed by atoms with Crippen LogP contribution in [0.25, 0.3) is 0 Å². The third-order valence-electron chi connectivity index (χ3n) is 2.14. The molecule has 1 rings (SSSR count). The molecule has 0 saturated heterocycles. The lowest BCUT2D eigenvalue weighted by Crippen LogP contribution is -2.24. The molecule has 0 radical (unpaired) electrons. The maximum atomic E-state index is 11.6. The van der Waals surface area contributed by atoms with Crippen LogP contribution in [0.15, 0.2) is 11.4 Å². The number of hydrogen-bond donors (Lipinski definition) is 1. The normalized spacial score (nSPS) is 9.88. The topological polar surface area (TPSA) is 55.4 Å². The molecule has 1 aromatic rings.